The molecule has 4 nitrogen and oxygen atoms in total. The van der Waals surface area contributed by atoms with E-state index in [9.17, 15) is 18.3 Å². The fourth-order valence-electron chi connectivity index (χ4n) is 1.31. The molecule has 0 heterocycles. The summed E-state index contributed by atoms with van der Waals surface area (Å²) < 4.78 is 41.5. The average Bonchev–Trinajstić information content (AvgIpc) is 2.25. The van der Waals surface area contributed by atoms with Gasteiger partial charge in [0.15, 0.2) is 6.10 Å². The van der Waals surface area contributed by atoms with Gasteiger partial charge in [0.25, 0.3) is 0 Å². The molecule has 0 aromatic heterocycles. The Bertz CT molecular complexity index is 395. The second kappa shape index (κ2) is 4.80. The van der Waals surface area contributed by atoms with Crippen molar-refractivity contribution >= 4 is 0 Å². The van der Waals surface area contributed by atoms with Gasteiger partial charge in [0.2, 0.25) is 0 Å². The zero-order valence-electron chi connectivity index (χ0n) is 8.90. The second-order valence-corrected chi connectivity index (χ2v) is 3.44. The summed E-state index contributed by atoms with van der Waals surface area (Å²) in [5.41, 5.74) is 5.05. The number of ether oxygens (including phenoxy) is 1. The number of benzene rings is 1. The highest BCUT2D eigenvalue weighted by Crippen LogP contribution is 2.34. The largest absolute Gasteiger partial charge is 0.507 e. The van der Waals surface area contributed by atoms with E-state index in [2.05, 4.69) is 0 Å². The summed E-state index contributed by atoms with van der Waals surface area (Å²) in [6.07, 6.45) is -7.58. The molecule has 4 N–H and O–H groups in total. The van der Waals surface area contributed by atoms with E-state index < -0.39 is 24.1 Å². The molecule has 7 heteroatoms. The molecule has 0 aliphatic carbocycles. The van der Waals surface area contributed by atoms with Crippen LogP contribution in [0.25, 0.3) is 0 Å². The molecular weight excluding hydrogens is 239 g/mol. The van der Waals surface area contributed by atoms with Crippen LogP contribution in [0.1, 0.15) is 11.6 Å². The molecule has 0 aliphatic rings. The molecule has 1 aromatic carbocycles. The fraction of sp³-hybridized carbons (Fsp3) is 0.400. The van der Waals surface area contributed by atoms with Crippen molar-refractivity contribution in [2.45, 2.75) is 18.3 Å². The Morgan fingerprint density at radius 2 is 1.94 bits per heavy atom. The third-order valence-electron chi connectivity index (χ3n) is 2.27. The van der Waals surface area contributed by atoms with Crippen molar-refractivity contribution in [3.05, 3.63) is 23.8 Å². The summed E-state index contributed by atoms with van der Waals surface area (Å²) in [5, 5.41) is 18.4. The molecule has 0 aliphatic heterocycles. The van der Waals surface area contributed by atoms with Crippen LogP contribution in [0.3, 0.4) is 0 Å². The van der Waals surface area contributed by atoms with Crippen LogP contribution in [0, 0.1) is 0 Å². The summed E-state index contributed by atoms with van der Waals surface area (Å²) in [6.45, 7) is 0. The molecule has 0 radical (unpaired) electrons. The first-order valence-corrected chi connectivity index (χ1v) is 4.64. The number of phenols is 1. The summed E-state index contributed by atoms with van der Waals surface area (Å²) in [6, 6.07) is 1.89. The van der Waals surface area contributed by atoms with Gasteiger partial charge in [-0.1, -0.05) is 0 Å². The van der Waals surface area contributed by atoms with Crippen LogP contribution < -0.4 is 10.5 Å². The molecule has 1 rings (SSSR count). The lowest BCUT2D eigenvalue weighted by Gasteiger charge is -2.22. The molecule has 0 saturated carbocycles. The molecule has 0 unspecified atom stereocenters. The lowest BCUT2D eigenvalue weighted by Crippen LogP contribution is -2.38. The number of hydrogen-bond donors (Lipinski definition) is 3. The maximum atomic E-state index is 12.2. The monoisotopic (exact) mass is 251 g/mol. The van der Waals surface area contributed by atoms with Gasteiger partial charge in [-0.25, -0.2) is 0 Å². The van der Waals surface area contributed by atoms with Crippen molar-refractivity contribution in [1.29, 1.82) is 0 Å². The van der Waals surface area contributed by atoms with E-state index in [1.807, 2.05) is 0 Å². The summed E-state index contributed by atoms with van der Waals surface area (Å²) in [7, 11) is 1.35. The molecule has 0 bridgehead atoms. The molecule has 0 saturated heterocycles. The number of alkyl halides is 3. The third-order valence-corrected chi connectivity index (χ3v) is 2.27. The van der Waals surface area contributed by atoms with Gasteiger partial charge in [-0.2, -0.15) is 13.2 Å². The van der Waals surface area contributed by atoms with Crippen LogP contribution in [0.2, 0.25) is 0 Å². The van der Waals surface area contributed by atoms with Gasteiger partial charge >= 0.3 is 6.18 Å². The van der Waals surface area contributed by atoms with Crippen LogP contribution >= 0.6 is 0 Å². The summed E-state index contributed by atoms with van der Waals surface area (Å²) in [4.78, 5) is 0. The Morgan fingerprint density at radius 3 is 2.35 bits per heavy atom. The maximum absolute atomic E-state index is 12.2. The van der Waals surface area contributed by atoms with E-state index in [4.69, 9.17) is 15.6 Å². The van der Waals surface area contributed by atoms with Gasteiger partial charge in [-0.15, -0.1) is 0 Å². The lowest BCUT2D eigenvalue weighted by atomic mass is 10.0. The number of rotatable bonds is 3. The fourth-order valence-corrected chi connectivity index (χ4v) is 1.31. The number of phenolic OH excluding ortho intramolecular Hbond substituents is 1. The first-order valence-electron chi connectivity index (χ1n) is 4.64. The Kier molecular flexibility index (Phi) is 3.84. The molecule has 0 spiro atoms. The highest BCUT2D eigenvalue weighted by atomic mass is 19.4. The SMILES string of the molecule is COc1ccc([C@@H](N)[C@@H](O)C(F)(F)F)c(O)c1. The minimum atomic E-state index is -4.84. The normalized spacial score (nSPS) is 15.4. The van der Waals surface area contributed by atoms with Gasteiger partial charge in [0.1, 0.15) is 11.5 Å². The van der Waals surface area contributed by atoms with Crippen LogP contribution in [0.4, 0.5) is 13.2 Å². The van der Waals surface area contributed by atoms with Gasteiger partial charge in [0.05, 0.1) is 13.2 Å². The van der Waals surface area contributed by atoms with Crippen molar-refractivity contribution in [2.24, 2.45) is 5.73 Å². The topological polar surface area (TPSA) is 75.7 Å². The summed E-state index contributed by atoms with van der Waals surface area (Å²) in [5.74, 6) is -0.180. The molecule has 17 heavy (non-hydrogen) atoms. The summed E-state index contributed by atoms with van der Waals surface area (Å²) >= 11 is 0. The van der Waals surface area contributed by atoms with Crippen LogP contribution in [-0.2, 0) is 0 Å². The first-order chi connectivity index (χ1) is 7.77. The third kappa shape index (κ3) is 3.01. The Balaban J connectivity index is 3.01. The van der Waals surface area contributed by atoms with Crippen molar-refractivity contribution in [2.75, 3.05) is 7.11 Å². The van der Waals surface area contributed by atoms with Crippen molar-refractivity contribution in [3.63, 3.8) is 0 Å². The zero-order chi connectivity index (χ0) is 13.2. The number of aromatic hydroxyl groups is 1. The van der Waals surface area contributed by atoms with Crippen LogP contribution in [-0.4, -0.2) is 29.6 Å². The molecule has 1 aromatic rings. The highest BCUT2D eigenvalue weighted by Gasteiger charge is 2.43. The number of hydrogen-bond acceptors (Lipinski definition) is 4. The number of methoxy groups -OCH3 is 1. The Hall–Kier alpha value is -1.47. The van der Waals surface area contributed by atoms with Crippen molar-refractivity contribution in [3.8, 4) is 11.5 Å². The van der Waals surface area contributed by atoms with E-state index in [0.29, 0.717) is 0 Å². The van der Waals surface area contributed by atoms with Gasteiger partial charge in [-0.05, 0) is 12.1 Å². The standard InChI is InChI=1S/C10H12F3NO3/c1-17-5-2-3-6(7(15)4-5)8(14)9(16)10(11,12)13/h2-4,8-9,15-16H,14H2,1H3/t8-,9-/m1/s1. The van der Waals surface area contributed by atoms with Crippen molar-refractivity contribution < 1.29 is 28.1 Å². The number of aliphatic hydroxyl groups is 1. The predicted octanol–water partition coefficient (Wildman–Crippen LogP) is 1.32. The molecule has 0 fully saturated rings. The van der Waals surface area contributed by atoms with Gasteiger partial charge in [0, 0.05) is 11.6 Å². The highest BCUT2D eigenvalue weighted by molar-refractivity contribution is 5.41. The number of nitrogens with two attached hydrogens (primary N) is 1. The molecular formula is C10H12F3NO3. The molecule has 96 valence electrons. The first kappa shape index (κ1) is 13.6. The van der Waals surface area contributed by atoms with E-state index in [-0.39, 0.29) is 11.3 Å². The van der Waals surface area contributed by atoms with E-state index in [1.54, 1.807) is 0 Å². The van der Waals surface area contributed by atoms with Crippen LogP contribution in [0.15, 0.2) is 18.2 Å². The van der Waals surface area contributed by atoms with Crippen LogP contribution in [0.5, 0.6) is 11.5 Å². The predicted molar refractivity (Wildman–Crippen MR) is 53.6 cm³/mol. The molecule has 0 amide bonds. The van der Waals surface area contributed by atoms with E-state index in [1.165, 1.54) is 19.2 Å². The Labute approximate surface area is 95.4 Å². The van der Waals surface area contributed by atoms with Gasteiger partial charge in [-0.3, -0.25) is 0 Å². The minimum absolute atomic E-state index is 0.198. The smallest absolute Gasteiger partial charge is 0.416 e. The number of halogens is 3. The lowest BCUT2D eigenvalue weighted by molar-refractivity contribution is -0.210. The Morgan fingerprint density at radius 1 is 1.35 bits per heavy atom. The van der Waals surface area contributed by atoms with Crippen molar-refractivity contribution in [1.82, 2.24) is 0 Å². The quantitative estimate of drug-likeness (QED) is 0.757. The molecule has 2 atom stereocenters. The second-order valence-electron chi connectivity index (χ2n) is 3.44. The zero-order valence-corrected chi connectivity index (χ0v) is 8.90. The number of aliphatic hydroxyl groups excluding tert-OH is 1. The average molecular weight is 251 g/mol. The van der Waals surface area contributed by atoms with Gasteiger partial charge < -0.3 is 20.7 Å². The van der Waals surface area contributed by atoms with E-state index >= 15 is 0 Å². The van der Waals surface area contributed by atoms with E-state index in [0.717, 1.165) is 6.07 Å². The minimum Gasteiger partial charge on any atom is -0.507 e. The maximum Gasteiger partial charge on any atom is 0.416 e.